The Morgan fingerprint density at radius 1 is 1.17 bits per heavy atom. The molecule has 0 aliphatic carbocycles. The van der Waals surface area contributed by atoms with Crippen molar-refractivity contribution in [3.05, 3.63) is 65.7 Å². The fraction of sp³-hybridized carbons (Fsp3) is 0.304. The minimum Gasteiger partial charge on any atom is -0.505 e. The van der Waals surface area contributed by atoms with Crippen molar-refractivity contribution in [3.8, 4) is 6.07 Å². The maximum absolute atomic E-state index is 10.9. The molecule has 6 heteroatoms. The molecule has 0 unspecified atom stereocenters. The maximum atomic E-state index is 10.9. The number of aliphatic hydroxyl groups is 1. The number of aromatic nitrogens is 2. The third-order valence-electron chi connectivity index (χ3n) is 5.88. The first-order valence-electron chi connectivity index (χ1n) is 10.0. The zero-order chi connectivity index (χ0) is 20.4. The van der Waals surface area contributed by atoms with Crippen molar-refractivity contribution < 1.29 is 10.0 Å². The molecule has 0 amide bonds. The van der Waals surface area contributed by atoms with Crippen LogP contribution in [0.3, 0.4) is 0 Å². The van der Waals surface area contributed by atoms with Crippen LogP contribution in [0.4, 0.5) is 5.69 Å². The van der Waals surface area contributed by atoms with Gasteiger partial charge in [0.2, 0.25) is 0 Å². The topological polar surface area (TPSA) is 80.4 Å². The number of imidazole rings is 1. The largest absolute Gasteiger partial charge is 0.505 e. The smallest absolute Gasteiger partial charge is 0.172 e. The Morgan fingerprint density at radius 2 is 1.86 bits per heavy atom. The summed E-state index contributed by atoms with van der Waals surface area (Å²) in [5.74, 6) is 0.530. The van der Waals surface area contributed by atoms with E-state index in [0.717, 1.165) is 37.2 Å². The molecule has 1 saturated heterocycles. The number of quaternary nitrogens is 1. The highest BCUT2D eigenvalue weighted by Crippen LogP contribution is 2.21. The number of H-pyrrole nitrogens is 1. The van der Waals surface area contributed by atoms with Gasteiger partial charge in [0.15, 0.2) is 11.6 Å². The monoisotopic (exact) mass is 388 g/mol. The van der Waals surface area contributed by atoms with E-state index in [1.54, 1.807) is 0 Å². The molecule has 3 aromatic rings. The summed E-state index contributed by atoms with van der Waals surface area (Å²) in [7, 11) is 0. The number of para-hydroxylation sites is 3. The molecule has 6 nitrogen and oxygen atoms in total. The van der Waals surface area contributed by atoms with Crippen molar-refractivity contribution in [2.75, 3.05) is 31.1 Å². The molecule has 1 aliphatic rings. The molecule has 148 valence electrons. The summed E-state index contributed by atoms with van der Waals surface area (Å²) in [6, 6.07) is 18.0. The van der Waals surface area contributed by atoms with E-state index in [1.807, 2.05) is 31.2 Å². The minimum absolute atomic E-state index is 0.103. The number of benzene rings is 2. The second-order valence-corrected chi connectivity index (χ2v) is 7.63. The molecule has 0 bridgehead atoms. The van der Waals surface area contributed by atoms with Crippen LogP contribution in [0.1, 0.15) is 18.3 Å². The van der Waals surface area contributed by atoms with Gasteiger partial charge in [-0.05, 0) is 37.6 Å². The van der Waals surface area contributed by atoms with Gasteiger partial charge in [-0.2, -0.15) is 5.26 Å². The van der Waals surface area contributed by atoms with Gasteiger partial charge < -0.3 is 19.9 Å². The highest BCUT2D eigenvalue weighted by atomic mass is 16.3. The quantitative estimate of drug-likeness (QED) is 0.474. The molecular weight excluding hydrogens is 362 g/mol. The number of nitrogens with zero attached hydrogens (tertiary/aromatic N) is 3. The lowest BCUT2D eigenvalue weighted by atomic mass is 10.1. The summed E-state index contributed by atoms with van der Waals surface area (Å²) in [5, 5.41) is 20.6. The van der Waals surface area contributed by atoms with Crippen LogP contribution in [-0.4, -0.2) is 47.3 Å². The van der Waals surface area contributed by atoms with Crippen LogP contribution in [0.5, 0.6) is 0 Å². The lowest BCUT2D eigenvalue weighted by molar-refractivity contribution is -0.919. The van der Waals surface area contributed by atoms with E-state index in [4.69, 9.17) is 0 Å². The van der Waals surface area contributed by atoms with Gasteiger partial charge in [-0.15, -0.1) is 0 Å². The molecule has 3 N–H and O–H groups in total. The first kappa shape index (κ1) is 19.0. The number of aliphatic hydroxyl groups excluding tert-OH is 1. The predicted octanol–water partition coefficient (Wildman–Crippen LogP) is 2.46. The molecule has 1 aliphatic heterocycles. The summed E-state index contributed by atoms with van der Waals surface area (Å²) in [4.78, 5) is 11.3. The van der Waals surface area contributed by atoms with Gasteiger partial charge in [-0.3, -0.25) is 0 Å². The van der Waals surface area contributed by atoms with Gasteiger partial charge in [-0.25, -0.2) is 4.98 Å². The fourth-order valence-electron chi connectivity index (χ4n) is 4.10. The number of anilines is 1. The molecule has 0 saturated carbocycles. The van der Waals surface area contributed by atoms with E-state index in [1.165, 1.54) is 16.2 Å². The van der Waals surface area contributed by atoms with Crippen molar-refractivity contribution >= 4 is 22.3 Å². The molecule has 0 radical (unpaired) electrons. The Labute approximate surface area is 170 Å². The first-order chi connectivity index (χ1) is 14.1. The van der Waals surface area contributed by atoms with E-state index in [-0.39, 0.29) is 17.4 Å². The molecular formula is C23H26N5O+. The second-order valence-electron chi connectivity index (χ2n) is 7.63. The number of nitrogens with one attached hydrogen (secondary N) is 2. The van der Waals surface area contributed by atoms with Crippen molar-refractivity contribution in [2.45, 2.75) is 19.9 Å². The van der Waals surface area contributed by atoms with Gasteiger partial charge in [0.1, 0.15) is 17.7 Å². The lowest BCUT2D eigenvalue weighted by Gasteiger charge is -2.37. The Bertz CT molecular complexity index is 1050. The number of hydrogen-bond acceptors (Lipinski definition) is 4. The zero-order valence-corrected chi connectivity index (χ0v) is 16.8. The first-order valence-corrected chi connectivity index (χ1v) is 10.0. The van der Waals surface area contributed by atoms with Crippen LogP contribution in [0.25, 0.3) is 16.6 Å². The average molecular weight is 388 g/mol. The van der Waals surface area contributed by atoms with Crippen molar-refractivity contribution in [3.63, 3.8) is 0 Å². The van der Waals surface area contributed by atoms with Gasteiger partial charge in [0.25, 0.3) is 0 Å². The average Bonchev–Trinajstić information content (AvgIpc) is 3.18. The summed E-state index contributed by atoms with van der Waals surface area (Å²) < 4.78 is 0. The number of hydrogen-bond donors (Lipinski definition) is 3. The lowest BCUT2D eigenvalue weighted by Crippen LogP contribution is -3.18. The SMILES string of the molecule is Cc1ccccc1N1CC[NH+]([C@H](C)/C(O)=C(\C#N)c2nc3ccccc3[nH]2)CC1. The number of aromatic amines is 1. The predicted molar refractivity (Wildman–Crippen MR) is 115 cm³/mol. The van der Waals surface area contributed by atoms with E-state index >= 15 is 0 Å². The standard InChI is InChI=1S/C23H25N5O/c1-16-7-3-6-10-21(16)28-13-11-27(12-14-28)17(2)22(29)18(15-24)23-25-19-8-4-5-9-20(19)26-23/h3-10,17,29H,11-14H2,1-2H3,(H,25,26)/p+1/b22-18-/t17-/m1/s1. The summed E-state index contributed by atoms with van der Waals surface area (Å²) >= 11 is 0. The number of aryl methyl sites for hydroxylation is 1. The molecule has 1 fully saturated rings. The van der Waals surface area contributed by atoms with Gasteiger partial charge in [0.05, 0.1) is 37.2 Å². The maximum Gasteiger partial charge on any atom is 0.172 e. The molecule has 1 aromatic heterocycles. The number of rotatable bonds is 4. The van der Waals surface area contributed by atoms with E-state index in [0.29, 0.717) is 5.82 Å². The van der Waals surface area contributed by atoms with E-state index in [2.05, 4.69) is 52.1 Å². The number of allylic oxidation sites excluding steroid dienone is 1. The van der Waals surface area contributed by atoms with Gasteiger partial charge >= 0.3 is 0 Å². The molecule has 2 heterocycles. The van der Waals surface area contributed by atoms with Crippen LogP contribution in [0.2, 0.25) is 0 Å². The molecule has 0 spiro atoms. The number of fused-ring (bicyclic) bond motifs is 1. The Morgan fingerprint density at radius 3 is 2.55 bits per heavy atom. The van der Waals surface area contributed by atoms with Crippen molar-refractivity contribution in [2.24, 2.45) is 0 Å². The second kappa shape index (κ2) is 7.98. The Kier molecular flexibility index (Phi) is 5.24. The molecule has 1 atom stereocenters. The highest BCUT2D eigenvalue weighted by Gasteiger charge is 2.30. The Balaban J connectivity index is 1.52. The van der Waals surface area contributed by atoms with Crippen LogP contribution in [0, 0.1) is 18.3 Å². The number of piperazine rings is 1. The molecule has 29 heavy (non-hydrogen) atoms. The van der Waals surface area contributed by atoms with Gasteiger partial charge in [0, 0.05) is 5.69 Å². The van der Waals surface area contributed by atoms with E-state index < -0.39 is 0 Å². The summed E-state index contributed by atoms with van der Waals surface area (Å²) in [6.07, 6.45) is 0. The fourth-order valence-corrected chi connectivity index (χ4v) is 4.10. The summed E-state index contributed by atoms with van der Waals surface area (Å²) in [6.45, 7) is 7.76. The highest BCUT2D eigenvalue weighted by molar-refractivity contribution is 5.82. The third-order valence-corrected chi connectivity index (χ3v) is 5.88. The van der Waals surface area contributed by atoms with Crippen LogP contribution in [0.15, 0.2) is 54.3 Å². The molecule has 2 aromatic carbocycles. The van der Waals surface area contributed by atoms with Crippen LogP contribution in [-0.2, 0) is 0 Å². The zero-order valence-electron chi connectivity index (χ0n) is 16.8. The van der Waals surface area contributed by atoms with Crippen LogP contribution >= 0.6 is 0 Å². The Hall–Kier alpha value is -3.30. The normalized spacial score (nSPS) is 17.1. The van der Waals surface area contributed by atoms with E-state index in [9.17, 15) is 10.4 Å². The van der Waals surface area contributed by atoms with Crippen molar-refractivity contribution in [1.82, 2.24) is 9.97 Å². The van der Waals surface area contributed by atoms with Gasteiger partial charge in [-0.1, -0.05) is 30.3 Å². The number of nitriles is 1. The third kappa shape index (κ3) is 3.69. The van der Waals surface area contributed by atoms with Crippen molar-refractivity contribution in [1.29, 1.82) is 5.26 Å². The van der Waals surface area contributed by atoms with Crippen LogP contribution < -0.4 is 9.80 Å². The molecule has 4 rings (SSSR count). The minimum atomic E-state index is -0.170. The summed E-state index contributed by atoms with van der Waals surface area (Å²) in [5.41, 5.74) is 4.43.